The number of nitrogens with zero attached hydrogens (tertiary/aromatic N) is 1. The minimum atomic E-state index is 0. The smallest absolute Gasteiger partial charge is 0.0362 e. The lowest BCUT2D eigenvalue weighted by atomic mass is 9.92. The Bertz CT molecular complexity index is 316. The summed E-state index contributed by atoms with van der Waals surface area (Å²) in [6.45, 7) is 8.62. The van der Waals surface area contributed by atoms with Crippen molar-refractivity contribution < 1.29 is 1.43 Å². The molecule has 0 spiro atoms. The molecule has 1 aliphatic rings. The second-order valence-electron chi connectivity index (χ2n) is 4.57. The number of hydrogen-bond donors (Lipinski definition) is 1. The maximum absolute atomic E-state index is 3.42. The summed E-state index contributed by atoms with van der Waals surface area (Å²) in [4.78, 5) is 2.59. The molecule has 1 heterocycles. The minimum absolute atomic E-state index is 0. The highest BCUT2D eigenvalue weighted by Crippen LogP contribution is 2.30. The molecule has 1 aromatic rings. The van der Waals surface area contributed by atoms with Crippen LogP contribution in [0.5, 0.6) is 0 Å². The van der Waals surface area contributed by atoms with E-state index in [-0.39, 0.29) is 1.43 Å². The van der Waals surface area contributed by atoms with E-state index in [1.165, 1.54) is 24.9 Å². The van der Waals surface area contributed by atoms with Crippen LogP contribution in [0.2, 0.25) is 0 Å². The largest absolute Gasteiger partial charge is 0.317 e. The summed E-state index contributed by atoms with van der Waals surface area (Å²) in [7, 11) is 2.08. The summed E-state index contributed by atoms with van der Waals surface area (Å²) >= 11 is 0. The molecule has 1 fully saturated rings. The fourth-order valence-electron chi connectivity index (χ4n) is 2.68. The summed E-state index contributed by atoms with van der Waals surface area (Å²) in [6, 6.07) is 12.2. The van der Waals surface area contributed by atoms with Crippen LogP contribution in [0.1, 0.15) is 46.6 Å². The Kier molecular flexibility index (Phi) is 6.99. The average molecular weight is 250 g/mol. The minimum Gasteiger partial charge on any atom is -0.317 e. The van der Waals surface area contributed by atoms with Gasteiger partial charge in [0.15, 0.2) is 0 Å². The Morgan fingerprint density at radius 1 is 1.28 bits per heavy atom. The van der Waals surface area contributed by atoms with Gasteiger partial charge in [0.2, 0.25) is 0 Å². The molecule has 0 aromatic heterocycles. The van der Waals surface area contributed by atoms with Crippen LogP contribution < -0.4 is 5.32 Å². The van der Waals surface area contributed by atoms with Gasteiger partial charge in [0.25, 0.3) is 0 Å². The molecule has 104 valence electrons. The molecule has 1 saturated heterocycles. The molecule has 0 radical (unpaired) electrons. The average Bonchev–Trinajstić information content (AvgIpc) is 2.49. The third-order valence-corrected chi connectivity index (χ3v) is 3.71. The van der Waals surface area contributed by atoms with Gasteiger partial charge in [-0.1, -0.05) is 51.1 Å². The third-order valence-electron chi connectivity index (χ3n) is 3.71. The van der Waals surface area contributed by atoms with Crippen LogP contribution in [0.3, 0.4) is 0 Å². The second-order valence-corrected chi connectivity index (χ2v) is 4.57. The molecule has 1 aliphatic heterocycles. The highest BCUT2D eigenvalue weighted by molar-refractivity contribution is 5.20. The molecule has 0 bridgehead atoms. The topological polar surface area (TPSA) is 15.3 Å². The normalized spacial score (nSPS) is 24.2. The first-order valence-corrected chi connectivity index (χ1v) is 7.31. The van der Waals surface area contributed by atoms with E-state index in [0.29, 0.717) is 12.1 Å². The van der Waals surface area contributed by atoms with E-state index in [1.54, 1.807) is 0 Å². The Balaban J connectivity index is 0.00000103. The quantitative estimate of drug-likeness (QED) is 0.880. The van der Waals surface area contributed by atoms with Gasteiger partial charge >= 0.3 is 0 Å². The first-order chi connectivity index (χ1) is 8.85. The number of nitrogens with one attached hydrogen (secondary N) is 1. The zero-order valence-electron chi connectivity index (χ0n) is 12.3. The monoisotopic (exact) mass is 250 g/mol. The molecule has 2 rings (SSSR count). The summed E-state index contributed by atoms with van der Waals surface area (Å²) in [5.74, 6) is 0. The van der Waals surface area contributed by atoms with E-state index in [2.05, 4.69) is 54.5 Å². The molecule has 2 nitrogen and oxygen atoms in total. The summed E-state index contributed by atoms with van der Waals surface area (Å²) < 4.78 is 0. The summed E-state index contributed by atoms with van der Waals surface area (Å²) in [5, 5.41) is 3.42. The van der Waals surface area contributed by atoms with Gasteiger partial charge in [0.05, 0.1) is 0 Å². The van der Waals surface area contributed by atoms with Gasteiger partial charge in [-0.2, -0.15) is 0 Å². The van der Waals surface area contributed by atoms with Crippen LogP contribution in [0.25, 0.3) is 0 Å². The number of hydrogen-bond acceptors (Lipinski definition) is 2. The second kappa shape index (κ2) is 8.28. The number of rotatable bonds is 3. The molecular formula is C16H30N2. The van der Waals surface area contributed by atoms with E-state index >= 15 is 0 Å². The standard InChI is InChI=1S/C14H22N2.C2H6.H2/c1-3-16-10-9-13(15-2)11-14(16)12-7-5-4-6-8-12;1-2;/h4-8,13-15H,3,9-11H2,1-2H3;1-2H3;1H/t13-,14+;;/m1../s1. The van der Waals surface area contributed by atoms with Crippen molar-refractivity contribution in [3.8, 4) is 0 Å². The number of piperidine rings is 1. The van der Waals surface area contributed by atoms with Crippen molar-refractivity contribution >= 4 is 0 Å². The van der Waals surface area contributed by atoms with Gasteiger partial charge in [0, 0.05) is 20.1 Å². The molecule has 0 unspecified atom stereocenters. The van der Waals surface area contributed by atoms with Gasteiger partial charge in [-0.15, -0.1) is 0 Å². The molecule has 1 aromatic carbocycles. The van der Waals surface area contributed by atoms with Gasteiger partial charge in [-0.25, -0.2) is 0 Å². The van der Waals surface area contributed by atoms with E-state index < -0.39 is 0 Å². The van der Waals surface area contributed by atoms with Gasteiger partial charge in [-0.05, 0) is 32.0 Å². The maximum atomic E-state index is 3.42. The van der Waals surface area contributed by atoms with Gasteiger partial charge < -0.3 is 5.32 Å². The predicted octanol–water partition coefficient (Wildman–Crippen LogP) is 3.70. The molecule has 0 amide bonds. The fraction of sp³-hybridized carbons (Fsp3) is 0.625. The van der Waals surface area contributed by atoms with E-state index in [0.717, 1.165) is 6.54 Å². The van der Waals surface area contributed by atoms with Gasteiger partial charge in [0.1, 0.15) is 0 Å². The Morgan fingerprint density at radius 3 is 2.50 bits per heavy atom. The van der Waals surface area contributed by atoms with E-state index in [1.807, 2.05) is 13.8 Å². The van der Waals surface area contributed by atoms with Crippen molar-refractivity contribution in [2.24, 2.45) is 0 Å². The third kappa shape index (κ3) is 3.82. The highest BCUT2D eigenvalue weighted by Gasteiger charge is 2.27. The lowest BCUT2D eigenvalue weighted by molar-refractivity contribution is 0.134. The summed E-state index contributed by atoms with van der Waals surface area (Å²) in [6.07, 6.45) is 2.50. The number of likely N-dealkylation sites (tertiary alicyclic amines) is 1. The van der Waals surface area contributed by atoms with Gasteiger partial charge in [-0.3, -0.25) is 4.90 Å². The first-order valence-electron chi connectivity index (χ1n) is 7.31. The summed E-state index contributed by atoms with van der Waals surface area (Å²) in [5.41, 5.74) is 1.46. The Labute approximate surface area is 114 Å². The van der Waals surface area contributed by atoms with Crippen LogP contribution in [0.4, 0.5) is 0 Å². The maximum Gasteiger partial charge on any atom is 0.0362 e. The van der Waals surface area contributed by atoms with Crippen LogP contribution in [-0.2, 0) is 0 Å². The van der Waals surface area contributed by atoms with E-state index in [4.69, 9.17) is 0 Å². The molecular weight excluding hydrogens is 220 g/mol. The molecule has 2 heteroatoms. The van der Waals surface area contributed by atoms with Crippen LogP contribution in [0.15, 0.2) is 30.3 Å². The molecule has 1 N–H and O–H groups in total. The predicted molar refractivity (Wildman–Crippen MR) is 82.0 cm³/mol. The zero-order chi connectivity index (χ0) is 13.4. The Hall–Kier alpha value is -0.860. The lowest BCUT2D eigenvalue weighted by Gasteiger charge is -2.39. The van der Waals surface area contributed by atoms with Crippen molar-refractivity contribution in [3.05, 3.63) is 35.9 Å². The van der Waals surface area contributed by atoms with Crippen molar-refractivity contribution in [2.75, 3.05) is 20.1 Å². The SMILES string of the molecule is CC.CCN1CC[C@@H](NC)C[C@H]1c1ccccc1.[HH]. The fourth-order valence-corrected chi connectivity index (χ4v) is 2.68. The first kappa shape index (κ1) is 15.2. The highest BCUT2D eigenvalue weighted by atomic mass is 15.2. The van der Waals surface area contributed by atoms with E-state index in [9.17, 15) is 0 Å². The van der Waals surface area contributed by atoms with Crippen molar-refractivity contribution in [2.45, 2.75) is 45.7 Å². The lowest BCUT2D eigenvalue weighted by Crippen LogP contribution is -2.43. The van der Waals surface area contributed by atoms with Crippen LogP contribution in [0, 0.1) is 0 Å². The van der Waals surface area contributed by atoms with Crippen molar-refractivity contribution in [3.63, 3.8) is 0 Å². The molecule has 0 saturated carbocycles. The molecule has 0 aliphatic carbocycles. The zero-order valence-corrected chi connectivity index (χ0v) is 12.3. The van der Waals surface area contributed by atoms with Crippen LogP contribution in [-0.4, -0.2) is 31.1 Å². The molecule has 18 heavy (non-hydrogen) atoms. The van der Waals surface area contributed by atoms with Crippen molar-refractivity contribution in [1.29, 1.82) is 0 Å². The Morgan fingerprint density at radius 2 is 1.94 bits per heavy atom. The molecule has 2 atom stereocenters. The number of benzene rings is 1. The van der Waals surface area contributed by atoms with Crippen LogP contribution >= 0.6 is 0 Å². The van der Waals surface area contributed by atoms with Crippen molar-refractivity contribution in [1.82, 2.24) is 10.2 Å².